The third-order valence-corrected chi connectivity index (χ3v) is 4.99. The molecule has 0 radical (unpaired) electrons. The summed E-state index contributed by atoms with van der Waals surface area (Å²) in [7, 11) is 0. The first kappa shape index (κ1) is 20.6. The first-order valence-corrected chi connectivity index (χ1v) is 9.97. The number of aromatic nitrogens is 2. The van der Waals surface area contributed by atoms with Gasteiger partial charge in [-0.2, -0.15) is 0 Å². The van der Waals surface area contributed by atoms with Gasteiger partial charge in [0.25, 0.3) is 0 Å². The molecule has 0 saturated heterocycles. The van der Waals surface area contributed by atoms with Gasteiger partial charge in [-0.05, 0) is 45.2 Å². The lowest BCUT2D eigenvalue weighted by Gasteiger charge is -2.28. The van der Waals surface area contributed by atoms with Crippen LogP contribution in [-0.2, 0) is 9.59 Å². The van der Waals surface area contributed by atoms with Gasteiger partial charge in [0.1, 0.15) is 17.3 Å². The molecular formula is C22H27N5O2. The Kier molecular flexibility index (Phi) is 6.32. The number of hydrogen-bond acceptors (Lipinski definition) is 5. The fourth-order valence-corrected chi connectivity index (χ4v) is 3.75. The van der Waals surface area contributed by atoms with Crippen molar-refractivity contribution in [3.63, 3.8) is 0 Å². The zero-order valence-electron chi connectivity index (χ0n) is 17.1. The van der Waals surface area contributed by atoms with Gasteiger partial charge in [0.2, 0.25) is 11.8 Å². The number of carbonyl (C=O) groups excluding carboxylic acids is 2. The Morgan fingerprint density at radius 2 is 2.07 bits per heavy atom. The van der Waals surface area contributed by atoms with E-state index in [9.17, 15) is 9.59 Å². The standard InChI is InChI=1S/C22H27N5O2/c1-5-17-10-16-12-23-20(11-19(16)21(26-17)24-13(2)3)27-22(29)15-7-6-8-18(9-15)25-14(4)28/h1,10-13,15,18H,6-9H2,2-4H3,(H,24,26)(H,25,28)(H,23,27,29)/t15-,18+/m0/s1. The summed E-state index contributed by atoms with van der Waals surface area (Å²) in [6, 6.07) is 3.85. The lowest BCUT2D eigenvalue weighted by atomic mass is 9.85. The van der Waals surface area contributed by atoms with Crippen LogP contribution in [0.25, 0.3) is 10.8 Å². The third-order valence-electron chi connectivity index (χ3n) is 4.99. The Labute approximate surface area is 171 Å². The van der Waals surface area contributed by atoms with Crippen LogP contribution in [0.1, 0.15) is 52.1 Å². The molecule has 2 aromatic rings. The fraction of sp³-hybridized carbons (Fsp3) is 0.455. The molecular weight excluding hydrogens is 366 g/mol. The van der Waals surface area contributed by atoms with Crippen LogP contribution in [0.3, 0.4) is 0 Å². The number of pyridine rings is 2. The minimum atomic E-state index is -0.145. The van der Waals surface area contributed by atoms with Gasteiger partial charge in [0.05, 0.1) is 0 Å². The second kappa shape index (κ2) is 8.91. The Balaban J connectivity index is 1.80. The maximum Gasteiger partial charge on any atom is 0.228 e. The summed E-state index contributed by atoms with van der Waals surface area (Å²) < 4.78 is 0. The van der Waals surface area contributed by atoms with E-state index >= 15 is 0 Å². The van der Waals surface area contributed by atoms with Crippen LogP contribution in [0.2, 0.25) is 0 Å². The minimum Gasteiger partial charge on any atom is -0.367 e. The highest BCUT2D eigenvalue weighted by atomic mass is 16.2. The van der Waals surface area contributed by atoms with Crippen molar-refractivity contribution < 1.29 is 9.59 Å². The first-order valence-electron chi connectivity index (χ1n) is 9.97. The van der Waals surface area contributed by atoms with E-state index in [4.69, 9.17) is 6.42 Å². The lowest BCUT2D eigenvalue weighted by Crippen LogP contribution is -2.40. The number of fused-ring (bicyclic) bond motifs is 1. The quantitative estimate of drug-likeness (QED) is 0.679. The molecule has 1 saturated carbocycles. The molecule has 2 aromatic heterocycles. The van der Waals surface area contributed by atoms with E-state index in [0.717, 1.165) is 30.0 Å². The fourth-order valence-electron chi connectivity index (χ4n) is 3.75. The SMILES string of the molecule is C#Cc1cc2cnc(NC(=O)[C@H]3CCC[C@@H](NC(C)=O)C3)cc2c(NC(C)C)n1. The van der Waals surface area contributed by atoms with Crippen LogP contribution in [0.15, 0.2) is 18.3 Å². The normalized spacial score (nSPS) is 18.9. The van der Waals surface area contributed by atoms with E-state index in [1.54, 1.807) is 12.3 Å². The highest BCUT2D eigenvalue weighted by Crippen LogP contribution is 2.28. The zero-order chi connectivity index (χ0) is 21.0. The van der Waals surface area contributed by atoms with Crippen LogP contribution < -0.4 is 16.0 Å². The molecule has 3 N–H and O–H groups in total. The molecule has 0 bridgehead atoms. The van der Waals surface area contributed by atoms with Gasteiger partial charge in [0.15, 0.2) is 0 Å². The van der Waals surface area contributed by atoms with Crippen molar-refractivity contribution in [1.29, 1.82) is 0 Å². The average Bonchev–Trinajstić information content (AvgIpc) is 2.67. The Morgan fingerprint density at radius 3 is 2.76 bits per heavy atom. The van der Waals surface area contributed by atoms with Crippen molar-refractivity contribution in [1.82, 2.24) is 15.3 Å². The molecule has 2 amide bonds. The highest BCUT2D eigenvalue weighted by molar-refractivity contribution is 5.97. The van der Waals surface area contributed by atoms with Crippen LogP contribution in [-0.4, -0.2) is 33.9 Å². The minimum absolute atomic E-state index is 0.0507. The summed E-state index contributed by atoms with van der Waals surface area (Å²) in [5.74, 6) is 3.44. The molecule has 0 aliphatic heterocycles. The summed E-state index contributed by atoms with van der Waals surface area (Å²) in [5.41, 5.74) is 0.533. The highest BCUT2D eigenvalue weighted by Gasteiger charge is 2.28. The predicted octanol–water partition coefficient (Wildman–Crippen LogP) is 3.06. The van der Waals surface area contributed by atoms with Gasteiger partial charge < -0.3 is 16.0 Å². The topological polar surface area (TPSA) is 96.0 Å². The lowest BCUT2D eigenvalue weighted by molar-refractivity contribution is -0.123. The molecule has 2 heterocycles. The number of amides is 2. The number of nitrogens with zero attached hydrogens (tertiary/aromatic N) is 2. The van der Waals surface area contributed by atoms with Crippen LogP contribution >= 0.6 is 0 Å². The number of hydrogen-bond donors (Lipinski definition) is 3. The Morgan fingerprint density at radius 1 is 1.28 bits per heavy atom. The number of anilines is 2. The van der Waals surface area contributed by atoms with Crippen LogP contribution in [0.4, 0.5) is 11.6 Å². The summed E-state index contributed by atoms with van der Waals surface area (Å²) in [4.78, 5) is 32.9. The van der Waals surface area contributed by atoms with Crippen molar-refractivity contribution in [2.45, 2.75) is 58.5 Å². The molecule has 3 rings (SSSR count). The summed E-state index contributed by atoms with van der Waals surface area (Å²) in [5, 5.41) is 10.9. The number of nitrogens with one attached hydrogen (secondary N) is 3. The van der Waals surface area contributed by atoms with Gasteiger partial charge in [-0.1, -0.05) is 12.3 Å². The number of carbonyl (C=O) groups is 2. The molecule has 152 valence electrons. The molecule has 7 nitrogen and oxygen atoms in total. The molecule has 1 fully saturated rings. The van der Waals surface area contributed by atoms with Crippen molar-refractivity contribution in [3.05, 3.63) is 24.0 Å². The Bertz CT molecular complexity index is 964. The van der Waals surface area contributed by atoms with E-state index in [0.29, 0.717) is 23.8 Å². The van der Waals surface area contributed by atoms with Gasteiger partial charge in [-0.25, -0.2) is 9.97 Å². The van der Waals surface area contributed by atoms with E-state index in [1.807, 2.05) is 19.9 Å². The smallest absolute Gasteiger partial charge is 0.228 e. The van der Waals surface area contributed by atoms with Crippen molar-refractivity contribution in [3.8, 4) is 12.3 Å². The van der Waals surface area contributed by atoms with Gasteiger partial charge >= 0.3 is 0 Å². The second-order valence-electron chi connectivity index (χ2n) is 7.84. The van der Waals surface area contributed by atoms with E-state index in [-0.39, 0.29) is 29.8 Å². The van der Waals surface area contributed by atoms with E-state index in [1.165, 1.54) is 6.92 Å². The van der Waals surface area contributed by atoms with E-state index < -0.39 is 0 Å². The van der Waals surface area contributed by atoms with Crippen molar-refractivity contribution in [2.24, 2.45) is 5.92 Å². The monoisotopic (exact) mass is 393 g/mol. The predicted molar refractivity (Wildman–Crippen MR) is 114 cm³/mol. The molecule has 2 atom stereocenters. The second-order valence-corrected chi connectivity index (χ2v) is 7.84. The number of terminal acetylenes is 1. The van der Waals surface area contributed by atoms with Crippen molar-refractivity contribution in [2.75, 3.05) is 10.6 Å². The number of rotatable bonds is 5. The summed E-state index contributed by atoms with van der Waals surface area (Å²) in [6.45, 7) is 5.55. The van der Waals surface area contributed by atoms with E-state index in [2.05, 4.69) is 31.8 Å². The first-order chi connectivity index (χ1) is 13.9. The van der Waals surface area contributed by atoms with Gasteiger partial charge in [-0.15, -0.1) is 6.42 Å². The molecule has 1 aliphatic carbocycles. The molecule has 0 unspecified atom stereocenters. The maximum absolute atomic E-state index is 12.8. The maximum atomic E-state index is 12.8. The molecule has 1 aliphatic rings. The zero-order valence-corrected chi connectivity index (χ0v) is 17.1. The molecule has 0 aromatic carbocycles. The molecule has 29 heavy (non-hydrogen) atoms. The van der Waals surface area contributed by atoms with Crippen molar-refractivity contribution >= 4 is 34.2 Å². The average molecular weight is 393 g/mol. The molecule has 0 spiro atoms. The van der Waals surface area contributed by atoms with Crippen LogP contribution in [0.5, 0.6) is 0 Å². The van der Waals surface area contributed by atoms with Gasteiger partial charge in [-0.3, -0.25) is 9.59 Å². The summed E-state index contributed by atoms with van der Waals surface area (Å²) >= 11 is 0. The Hall–Kier alpha value is -3.14. The van der Waals surface area contributed by atoms with Gasteiger partial charge in [0, 0.05) is 41.9 Å². The summed E-state index contributed by atoms with van der Waals surface area (Å²) in [6.07, 6.45) is 10.5. The van der Waals surface area contributed by atoms with Crippen LogP contribution in [0, 0.1) is 18.3 Å². The third kappa shape index (κ3) is 5.23. The molecule has 7 heteroatoms. The largest absolute Gasteiger partial charge is 0.367 e.